The van der Waals surface area contributed by atoms with Crippen molar-refractivity contribution in [2.24, 2.45) is 5.92 Å². The lowest BCUT2D eigenvalue weighted by Gasteiger charge is -2.23. The maximum Gasteiger partial charge on any atom is 0.313 e. The van der Waals surface area contributed by atoms with Gasteiger partial charge in [0.1, 0.15) is 11.3 Å². The number of piperidine rings is 1. The van der Waals surface area contributed by atoms with Crippen LogP contribution in [-0.4, -0.2) is 49.6 Å². The summed E-state index contributed by atoms with van der Waals surface area (Å²) in [5, 5.41) is 9.14. The molecule has 0 bridgehead atoms. The van der Waals surface area contributed by atoms with Crippen LogP contribution in [-0.2, 0) is 9.59 Å². The van der Waals surface area contributed by atoms with Crippen LogP contribution in [0.1, 0.15) is 38.5 Å². The van der Waals surface area contributed by atoms with Crippen molar-refractivity contribution in [3.05, 3.63) is 48.4 Å². The Labute approximate surface area is 226 Å². The first-order valence-electron chi connectivity index (χ1n) is 13.4. The second kappa shape index (κ2) is 12.3. The highest BCUT2D eigenvalue weighted by Gasteiger charge is 2.22. The largest absolute Gasteiger partial charge is 0.491 e. The molecule has 2 fully saturated rings. The summed E-state index contributed by atoms with van der Waals surface area (Å²) in [6.45, 7) is 2.58. The molecule has 2 heterocycles. The van der Waals surface area contributed by atoms with Gasteiger partial charge in [-0.15, -0.1) is 0 Å². The number of amides is 2. The first-order chi connectivity index (χ1) is 19.0. The van der Waals surface area contributed by atoms with Gasteiger partial charge in [0.05, 0.1) is 13.7 Å². The predicted molar refractivity (Wildman–Crippen MR) is 145 cm³/mol. The molecule has 2 amide bonds. The first kappa shape index (κ1) is 26.7. The standard InChI is InChI=1S/C29H33FN4O5/c1-37-27-25(38-17-18-10-13-31-14-11-18)9-7-21-23(12-15-32-26(21)27)39-24-8-6-20(16-22(24)30)34-29(36)28(35)33-19-4-2-3-5-19/h6-9,12,15-16,18-19,31H,2-5,10-11,13-14,17H2,1H3,(H,33,35)(H,34,36). The van der Waals surface area contributed by atoms with Gasteiger partial charge in [-0.05, 0) is 75.0 Å². The topological polar surface area (TPSA) is 111 Å². The number of anilines is 1. The van der Waals surface area contributed by atoms with Crippen LogP contribution >= 0.6 is 0 Å². The van der Waals surface area contributed by atoms with Crippen LogP contribution in [0.4, 0.5) is 10.1 Å². The summed E-state index contributed by atoms with van der Waals surface area (Å²) in [5.74, 6) is -0.345. The molecule has 0 unspecified atom stereocenters. The van der Waals surface area contributed by atoms with Crippen molar-refractivity contribution in [2.45, 2.75) is 44.6 Å². The number of fused-ring (bicyclic) bond motifs is 1. The first-order valence-corrected chi connectivity index (χ1v) is 13.4. The van der Waals surface area contributed by atoms with Gasteiger partial charge >= 0.3 is 11.8 Å². The number of carbonyl (C=O) groups is 2. The number of benzene rings is 2. The maximum absolute atomic E-state index is 15.0. The van der Waals surface area contributed by atoms with Gasteiger partial charge in [-0.1, -0.05) is 12.8 Å². The average molecular weight is 537 g/mol. The fourth-order valence-corrected chi connectivity index (χ4v) is 5.09. The van der Waals surface area contributed by atoms with E-state index in [1.807, 2.05) is 12.1 Å². The summed E-state index contributed by atoms with van der Waals surface area (Å²) in [4.78, 5) is 28.9. The second-order valence-corrected chi connectivity index (χ2v) is 9.96. The van der Waals surface area contributed by atoms with Gasteiger partial charge < -0.3 is 30.2 Å². The number of hydrogen-bond acceptors (Lipinski definition) is 7. The van der Waals surface area contributed by atoms with E-state index in [-0.39, 0.29) is 17.5 Å². The number of carbonyl (C=O) groups excluding carboxylic acids is 2. The zero-order valence-electron chi connectivity index (χ0n) is 21.9. The van der Waals surface area contributed by atoms with Crippen molar-refractivity contribution in [3.8, 4) is 23.0 Å². The highest BCUT2D eigenvalue weighted by molar-refractivity contribution is 6.39. The van der Waals surface area contributed by atoms with Crippen molar-refractivity contribution >= 4 is 28.4 Å². The molecule has 0 atom stereocenters. The molecule has 2 aromatic carbocycles. The van der Waals surface area contributed by atoms with Gasteiger partial charge in [0.2, 0.25) is 0 Å². The lowest BCUT2D eigenvalue weighted by Crippen LogP contribution is -2.40. The highest BCUT2D eigenvalue weighted by Crippen LogP contribution is 2.40. The molecule has 39 heavy (non-hydrogen) atoms. The average Bonchev–Trinajstić information content (AvgIpc) is 3.46. The Morgan fingerprint density at radius 2 is 1.77 bits per heavy atom. The predicted octanol–water partition coefficient (Wildman–Crippen LogP) is 4.55. The van der Waals surface area contributed by atoms with E-state index in [2.05, 4.69) is 20.9 Å². The molecule has 0 spiro atoms. The van der Waals surface area contributed by atoms with Gasteiger partial charge in [0.15, 0.2) is 23.1 Å². The van der Waals surface area contributed by atoms with E-state index >= 15 is 0 Å². The van der Waals surface area contributed by atoms with Crippen LogP contribution in [0.5, 0.6) is 23.0 Å². The molecule has 2 aliphatic rings. The van der Waals surface area contributed by atoms with Crippen molar-refractivity contribution in [2.75, 3.05) is 32.1 Å². The Morgan fingerprint density at radius 3 is 2.51 bits per heavy atom. The Balaban J connectivity index is 1.28. The monoisotopic (exact) mass is 536 g/mol. The Kier molecular flexibility index (Phi) is 8.41. The molecule has 0 radical (unpaired) electrons. The summed E-state index contributed by atoms with van der Waals surface area (Å²) >= 11 is 0. The summed E-state index contributed by atoms with van der Waals surface area (Å²) in [6.07, 6.45) is 7.48. The molecular formula is C29H33FN4O5. The van der Waals surface area contributed by atoms with E-state index in [9.17, 15) is 14.0 Å². The zero-order valence-corrected chi connectivity index (χ0v) is 21.9. The van der Waals surface area contributed by atoms with E-state index in [4.69, 9.17) is 14.2 Å². The minimum Gasteiger partial charge on any atom is -0.491 e. The van der Waals surface area contributed by atoms with Gasteiger partial charge in [-0.3, -0.25) is 14.6 Å². The molecule has 1 aromatic heterocycles. The third kappa shape index (κ3) is 6.39. The molecule has 3 N–H and O–H groups in total. The van der Waals surface area contributed by atoms with Crippen LogP contribution in [0.2, 0.25) is 0 Å². The zero-order chi connectivity index (χ0) is 27.2. The summed E-state index contributed by atoms with van der Waals surface area (Å²) < 4.78 is 32.6. The van der Waals surface area contributed by atoms with Crippen LogP contribution in [0, 0.1) is 11.7 Å². The minimum absolute atomic E-state index is 0.0154. The third-order valence-electron chi connectivity index (χ3n) is 7.23. The molecule has 3 aromatic rings. The number of nitrogens with zero attached hydrogens (tertiary/aromatic N) is 1. The number of nitrogens with one attached hydrogen (secondary N) is 3. The normalized spacial score (nSPS) is 16.2. The van der Waals surface area contributed by atoms with E-state index in [0.717, 1.165) is 57.7 Å². The lowest BCUT2D eigenvalue weighted by atomic mass is 9.99. The molecular weight excluding hydrogens is 503 g/mol. The fourth-order valence-electron chi connectivity index (χ4n) is 5.09. The number of rotatable bonds is 8. The summed E-state index contributed by atoms with van der Waals surface area (Å²) in [7, 11) is 1.56. The fraction of sp³-hybridized carbons (Fsp3) is 0.414. The smallest absolute Gasteiger partial charge is 0.313 e. The van der Waals surface area contributed by atoms with Crippen LogP contribution in [0.25, 0.3) is 10.9 Å². The molecule has 1 aliphatic heterocycles. The molecule has 1 aliphatic carbocycles. The van der Waals surface area contributed by atoms with E-state index in [1.54, 1.807) is 19.4 Å². The number of halogens is 1. The van der Waals surface area contributed by atoms with Gasteiger partial charge in [0.25, 0.3) is 0 Å². The SMILES string of the molecule is COc1c(OCC2CCNCC2)ccc2c(Oc3ccc(NC(=O)C(=O)NC4CCCC4)cc3F)ccnc12. The highest BCUT2D eigenvalue weighted by atomic mass is 19.1. The molecule has 5 rings (SSSR count). The van der Waals surface area contributed by atoms with Gasteiger partial charge in [-0.25, -0.2) is 4.39 Å². The molecule has 9 nitrogen and oxygen atoms in total. The third-order valence-corrected chi connectivity index (χ3v) is 7.23. The van der Waals surface area contributed by atoms with Gasteiger partial charge in [-0.2, -0.15) is 0 Å². The number of pyridine rings is 1. The summed E-state index contributed by atoms with van der Waals surface area (Å²) in [5.41, 5.74) is 0.693. The van der Waals surface area contributed by atoms with Crippen molar-refractivity contribution in [1.82, 2.24) is 15.6 Å². The summed E-state index contributed by atoms with van der Waals surface area (Å²) in [6, 6.07) is 9.28. The maximum atomic E-state index is 15.0. The van der Waals surface area contributed by atoms with Crippen molar-refractivity contribution in [3.63, 3.8) is 0 Å². The molecule has 10 heteroatoms. The number of ether oxygens (including phenoxy) is 3. The van der Waals surface area contributed by atoms with Crippen molar-refractivity contribution in [1.29, 1.82) is 0 Å². The number of methoxy groups -OCH3 is 1. The van der Waals surface area contributed by atoms with Crippen LogP contribution in [0.15, 0.2) is 42.6 Å². The number of aromatic nitrogens is 1. The quantitative estimate of drug-likeness (QED) is 0.362. The van der Waals surface area contributed by atoms with Crippen LogP contribution in [0.3, 0.4) is 0 Å². The van der Waals surface area contributed by atoms with Gasteiger partial charge in [0, 0.05) is 29.4 Å². The lowest BCUT2D eigenvalue weighted by molar-refractivity contribution is -0.136. The molecule has 206 valence electrons. The second-order valence-electron chi connectivity index (χ2n) is 9.96. The molecule has 1 saturated carbocycles. The van der Waals surface area contributed by atoms with Crippen molar-refractivity contribution < 1.29 is 28.2 Å². The molecule has 1 saturated heterocycles. The minimum atomic E-state index is -0.833. The van der Waals surface area contributed by atoms with E-state index in [1.165, 1.54) is 12.1 Å². The Bertz CT molecular complexity index is 1340. The van der Waals surface area contributed by atoms with E-state index < -0.39 is 17.6 Å². The Morgan fingerprint density at radius 1 is 1.00 bits per heavy atom. The Hall–Kier alpha value is -3.92. The van der Waals surface area contributed by atoms with E-state index in [0.29, 0.717) is 40.7 Å². The van der Waals surface area contributed by atoms with Crippen LogP contribution < -0.4 is 30.2 Å². The number of hydrogen-bond donors (Lipinski definition) is 3.